The summed E-state index contributed by atoms with van der Waals surface area (Å²) in [7, 11) is 0. The van der Waals surface area contributed by atoms with Crippen LogP contribution in [0, 0.1) is 5.92 Å². The van der Waals surface area contributed by atoms with Crippen molar-refractivity contribution < 1.29 is 5.48 Å². The minimum absolute atomic E-state index is 0. The number of piperidine rings is 1. The first-order valence-corrected chi connectivity index (χ1v) is 5.25. The van der Waals surface area contributed by atoms with Crippen molar-refractivity contribution >= 4 is 0 Å². The molecule has 0 amide bonds. The van der Waals surface area contributed by atoms with Crippen LogP contribution in [0.4, 0.5) is 0 Å². The van der Waals surface area contributed by atoms with Gasteiger partial charge in [0.2, 0.25) is 0 Å². The lowest BCUT2D eigenvalue weighted by Gasteiger charge is -2.37. The second-order valence-corrected chi connectivity index (χ2v) is 4.36. The summed E-state index contributed by atoms with van der Waals surface area (Å²) in [6.07, 6.45) is 1.25. The third-order valence-corrected chi connectivity index (χ3v) is 3.38. The van der Waals surface area contributed by atoms with E-state index in [-0.39, 0.29) is 11.0 Å². The molecule has 0 spiro atoms. The van der Waals surface area contributed by atoms with Crippen LogP contribution in [0.2, 0.25) is 0 Å². The highest BCUT2D eigenvalue weighted by molar-refractivity contribution is 5.16. The lowest BCUT2D eigenvalue weighted by molar-refractivity contribution is 0.257. The van der Waals surface area contributed by atoms with Crippen LogP contribution in [-0.2, 0) is 6.54 Å². The SMILES string of the molecule is O.O=c1cccc2n1C[C@@H]1CNC[C@H]2C1. The van der Waals surface area contributed by atoms with Gasteiger partial charge in [-0.05, 0) is 24.9 Å². The zero-order valence-corrected chi connectivity index (χ0v) is 8.57. The van der Waals surface area contributed by atoms with Gasteiger partial charge in [-0.15, -0.1) is 0 Å². The Morgan fingerprint density at radius 3 is 3.07 bits per heavy atom. The number of pyridine rings is 1. The quantitative estimate of drug-likeness (QED) is 0.638. The van der Waals surface area contributed by atoms with Crippen LogP contribution in [0.25, 0.3) is 0 Å². The van der Waals surface area contributed by atoms with Gasteiger partial charge in [0.15, 0.2) is 0 Å². The third-order valence-electron chi connectivity index (χ3n) is 3.38. The summed E-state index contributed by atoms with van der Waals surface area (Å²) in [5.74, 6) is 1.21. The largest absolute Gasteiger partial charge is 0.412 e. The highest BCUT2D eigenvalue weighted by atomic mass is 16.1. The first-order valence-electron chi connectivity index (χ1n) is 5.25. The Balaban J connectivity index is 0.000000853. The molecule has 2 bridgehead atoms. The number of hydrogen-bond acceptors (Lipinski definition) is 2. The van der Waals surface area contributed by atoms with E-state index in [4.69, 9.17) is 0 Å². The average Bonchev–Trinajstić information content (AvgIpc) is 2.20. The molecule has 0 saturated carbocycles. The number of rotatable bonds is 0. The molecule has 2 aliphatic rings. The van der Waals surface area contributed by atoms with Gasteiger partial charge in [-0.1, -0.05) is 6.07 Å². The van der Waals surface area contributed by atoms with Gasteiger partial charge >= 0.3 is 0 Å². The molecule has 1 aromatic rings. The summed E-state index contributed by atoms with van der Waals surface area (Å²) in [5, 5.41) is 3.43. The van der Waals surface area contributed by atoms with Crippen LogP contribution < -0.4 is 10.9 Å². The van der Waals surface area contributed by atoms with Crippen molar-refractivity contribution in [3.63, 3.8) is 0 Å². The van der Waals surface area contributed by atoms with Crippen LogP contribution in [0.5, 0.6) is 0 Å². The number of fused-ring (bicyclic) bond motifs is 4. The summed E-state index contributed by atoms with van der Waals surface area (Å²) >= 11 is 0. The zero-order chi connectivity index (χ0) is 9.54. The molecule has 1 fully saturated rings. The van der Waals surface area contributed by atoms with Crippen molar-refractivity contribution in [2.24, 2.45) is 5.92 Å². The molecule has 82 valence electrons. The molecular weight excluding hydrogens is 192 g/mol. The molecule has 3 heterocycles. The van der Waals surface area contributed by atoms with E-state index in [0.29, 0.717) is 11.8 Å². The molecule has 3 rings (SSSR count). The second-order valence-electron chi connectivity index (χ2n) is 4.36. The normalized spacial score (nSPS) is 27.7. The third kappa shape index (κ3) is 1.60. The summed E-state index contributed by atoms with van der Waals surface area (Å²) in [5.41, 5.74) is 1.39. The van der Waals surface area contributed by atoms with Gasteiger partial charge in [0.25, 0.3) is 5.56 Å². The maximum absolute atomic E-state index is 11.6. The highest BCUT2D eigenvalue weighted by Gasteiger charge is 2.30. The molecule has 4 nitrogen and oxygen atoms in total. The van der Waals surface area contributed by atoms with Gasteiger partial charge in [0.05, 0.1) is 0 Å². The van der Waals surface area contributed by atoms with Gasteiger partial charge < -0.3 is 15.4 Å². The lowest BCUT2D eigenvalue weighted by Crippen LogP contribution is -2.44. The Hall–Kier alpha value is -1.13. The zero-order valence-electron chi connectivity index (χ0n) is 8.57. The fourth-order valence-corrected chi connectivity index (χ4v) is 2.74. The summed E-state index contributed by atoms with van der Waals surface area (Å²) in [6.45, 7) is 3.00. The highest BCUT2D eigenvalue weighted by Crippen LogP contribution is 2.31. The van der Waals surface area contributed by atoms with Crippen molar-refractivity contribution in [1.82, 2.24) is 9.88 Å². The van der Waals surface area contributed by atoms with Crippen LogP contribution in [0.15, 0.2) is 23.0 Å². The summed E-state index contributed by atoms with van der Waals surface area (Å²) in [6, 6.07) is 5.64. The molecule has 2 atom stereocenters. The molecule has 1 saturated heterocycles. The number of hydrogen-bond donors (Lipinski definition) is 1. The van der Waals surface area contributed by atoms with Gasteiger partial charge in [0, 0.05) is 30.8 Å². The van der Waals surface area contributed by atoms with Gasteiger partial charge in [-0.25, -0.2) is 0 Å². The molecule has 0 radical (unpaired) electrons. The maximum atomic E-state index is 11.6. The molecule has 2 aliphatic heterocycles. The minimum Gasteiger partial charge on any atom is -0.412 e. The second kappa shape index (κ2) is 3.79. The van der Waals surface area contributed by atoms with E-state index < -0.39 is 0 Å². The Bertz CT molecular complexity index is 413. The van der Waals surface area contributed by atoms with Gasteiger partial charge in [0.1, 0.15) is 0 Å². The van der Waals surface area contributed by atoms with Crippen LogP contribution in [0.1, 0.15) is 18.0 Å². The Morgan fingerprint density at radius 1 is 1.33 bits per heavy atom. The molecule has 15 heavy (non-hydrogen) atoms. The van der Waals surface area contributed by atoms with E-state index in [1.54, 1.807) is 6.07 Å². The van der Waals surface area contributed by atoms with E-state index in [0.717, 1.165) is 19.6 Å². The summed E-state index contributed by atoms with van der Waals surface area (Å²) in [4.78, 5) is 11.6. The molecule has 0 unspecified atom stereocenters. The van der Waals surface area contributed by atoms with E-state index >= 15 is 0 Å². The predicted octanol–water partition coefficient (Wildman–Crippen LogP) is -0.270. The molecular formula is C11H16N2O2. The first kappa shape index (κ1) is 10.4. The monoisotopic (exact) mass is 208 g/mol. The fourth-order valence-electron chi connectivity index (χ4n) is 2.74. The molecule has 0 aliphatic carbocycles. The van der Waals surface area contributed by atoms with Crippen molar-refractivity contribution in [2.45, 2.75) is 18.9 Å². The molecule has 4 heteroatoms. The van der Waals surface area contributed by atoms with Crippen LogP contribution in [-0.4, -0.2) is 23.1 Å². The fraction of sp³-hybridized carbons (Fsp3) is 0.545. The Labute approximate surface area is 88.2 Å². The molecule has 3 N–H and O–H groups in total. The van der Waals surface area contributed by atoms with Crippen molar-refractivity contribution in [1.29, 1.82) is 0 Å². The Morgan fingerprint density at radius 2 is 2.20 bits per heavy atom. The van der Waals surface area contributed by atoms with Crippen molar-refractivity contribution in [2.75, 3.05) is 13.1 Å². The topological polar surface area (TPSA) is 65.5 Å². The molecule has 1 aromatic heterocycles. The first-order chi connectivity index (χ1) is 6.84. The number of aromatic nitrogens is 1. The van der Waals surface area contributed by atoms with E-state index in [2.05, 4.69) is 11.4 Å². The van der Waals surface area contributed by atoms with Crippen LogP contribution >= 0.6 is 0 Å². The predicted molar refractivity (Wildman–Crippen MR) is 58.0 cm³/mol. The van der Waals surface area contributed by atoms with Gasteiger partial charge in [-0.2, -0.15) is 0 Å². The molecule has 0 aromatic carbocycles. The van der Waals surface area contributed by atoms with Crippen LogP contribution in [0.3, 0.4) is 0 Å². The number of nitrogens with zero attached hydrogens (tertiary/aromatic N) is 1. The smallest absolute Gasteiger partial charge is 0.250 e. The van der Waals surface area contributed by atoms with E-state index in [1.165, 1.54) is 12.1 Å². The van der Waals surface area contributed by atoms with Crippen molar-refractivity contribution in [3.05, 3.63) is 34.2 Å². The summed E-state index contributed by atoms with van der Waals surface area (Å²) < 4.78 is 1.96. The minimum atomic E-state index is 0. The van der Waals surface area contributed by atoms with Gasteiger partial charge in [-0.3, -0.25) is 4.79 Å². The van der Waals surface area contributed by atoms with E-state index in [1.807, 2.05) is 10.6 Å². The lowest BCUT2D eigenvalue weighted by atomic mass is 9.84. The average molecular weight is 208 g/mol. The number of nitrogens with one attached hydrogen (secondary N) is 1. The standard InChI is InChI=1S/C11H14N2O.H2O/c14-11-3-1-2-10-9-4-8(5-12-6-9)7-13(10)11;/h1-3,8-9,12H,4-7H2;1H2/t8-,9+;/m0./s1. The van der Waals surface area contributed by atoms with Crippen molar-refractivity contribution in [3.8, 4) is 0 Å². The van der Waals surface area contributed by atoms with E-state index in [9.17, 15) is 4.79 Å². The maximum Gasteiger partial charge on any atom is 0.250 e. The Kier molecular flexibility index (Phi) is 2.63.